The Bertz CT molecular complexity index is 1020. The number of para-hydroxylation sites is 1. The first-order valence-electron chi connectivity index (χ1n) is 8.31. The first kappa shape index (κ1) is 21.6. The smallest absolute Gasteiger partial charge is 0.338 e. The van der Waals surface area contributed by atoms with Crippen molar-refractivity contribution in [3.63, 3.8) is 0 Å². The second kappa shape index (κ2) is 9.51. The maximum atomic E-state index is 13.1. The number of ether oxygens (including phenoxy) is 1. The number of hydrogen-bond donors (Lipinski definition) is 2. The van der Waals surface area contributed by atoms with Crippen LogP contribution in [0.2, 0.25) is 0 Å². The van der Waals surface area contributed by atoms with Crippen molar-refractivity contribution in [2.24, 2.45) is 5.73 Å². The minimum Gasteiger partial charge on any atom is -0.452 e. The third-order valence-corrected chi connectivity index (χ3v) is 5.38. The number of hydrogen-bond acceptors (Lipinski definition) is 6. The van der Waals surface area contributed by atoms with E-state index in [1.807, 2.05) is 0 Å². The van der Waals surface area contributed by atoms with Crippen LogP contribution in [0.1, 0.15) is 10.4 Å². The van der Waals surface area contributed by atoms with Crippen LogP contribution in [0.5, 0.6) is 0 Å². The Morgan fingerprint density at radius 3 is 2.41 bits per heavy atom. The SMILES string of the molecule is C=CCN(c1ccccc1)S(=O)(=O)c1cccc(C(=O)OCC(=O)NC(N)=O)c1. The molecule has 0 unspecified atom stereocenters. The van der Waals surface area contributed by atoms with Gasteiger partial charge in [0.05, 0.1) is 22.7 Å². The number of benzene rings is 2. The van der Waals surface area contributed by atoms with E-state index in [-0.39, 0.29) is 17.0 Å². The molecule has 10 heteroatoms. The van der Waals surface area contributed by atoms with Crippen LogP contribution in [0.15, 0.2) is 72.1 Å². The van der Waals surface area contributed by atoms with Gasteiger partial charge in [0.2, 0.25) is 0 Å². The number of nitrogens with zero attached hydrogens (tertiary/aromatic N) is 1. The van der Waals surface area contributed by atoms with Crippen molar-refractivity contribution in [2.45, 2.75) is 4.90 Å². The monoisotopic (exact) mass is 417 g/mol. The second-order valence-corrected chi connectivity index (χ2v) is 7.54. The summed E-state index contributed by atoms with van der Waals surface area (Å²) in [5, 5.41) is 1.74. The minimum absolute atomic E-state index is 0.0221. The van der Waals surface area contributed by atoms with Crippen molar-refractivity contribution < 1.29 is 27.5 Å². The molecular weight excluding hydrogens is 398 g/mol. The Labute approximate surface area is 167 Å². The van der Waals surface area contributed by atoms with E-state index in [0.29, 0.717) is 5.69 Å². The highest BCUT2D eigenvalue weighted by atomic mass is 32.2. The summed E-state index contributed by atoms with van der Waals surface area (Å²) in [6, 6.07) is 12.5. The number of amides is 3. The molecule has 0 spiro atoms. The van der Waals surface area contributed by atoms with Gasteiger partial charge in [-0.25, -0.2) is 18.0 Å². The third-order valence-electron chi connectivity index (χ3n) is 3.59. The fourth-order valence-electron chi connectivity index (χ4n) is 2.35. The molecule has 0 heterocycles. The van der Waals surface area contributed by atoms with Gasteiger partial charge in [-0.15, -0.1) is 6.58 Å². The Balaban J connectivity index is 2.26. The molecule has 0 radical (unpaired) electrons. The summed E-state index contributed by atoms with van der Waals surface area (Å²) in [5.41, 5.74) is 5.14. The van der Waals surface area contributed by atoms with Gasteiger partial charge >= 0.3 is 12.0 Å². The van der Waals surface area contributed by atoms with Crippen LogP contribution in [-0.4, -0.2) is 39.5 Å². The van der Waals surface area contributed by atoms with E-state index < -0.39 is 34.5 Å². The molecule has 2 aromatic rings. The first-order valence-corrected chi connectivity index (χ1v) is 9.75. The predicted molar refractivity (Wildman–Crippen MR) is 106 cm³/mol. The lowest BCUT2D eigenvalue weighted by molar-refractivity contribution is -0.123. The zero-order chi connectivity index (χ0) is 21.4. The van der Waals surface area contributed by atoms with E-state index >= 15 is 0 Å². The molecule has 9 nitrogen and oxygen atoms in total. The van der Waals surface area contributed by atoms with Crippen molar-refractivity contribution in [1.82, 2.24) is 5.32 Å². The molecule has 0 aliphatic heterocycles. The van der Waals surface area contributed by atoms with Gasteiger partial charge in [-0.3, -0.25) is 14.4 Å². The summed E-state index contributed by atoms with van der Waals surface area (Å²) in [6.45, 7) is 2.87. The Morgan fingerprint density at radius 2 is 1.79 bits per heavy atom. The zero-order valence-electron chi connectivity index (χ0n) is 15.3. The molecule has 29 heavy (non-hydrogen) atoms. The third kappa shape index (κ3) is 5.66. The van der Waals surface area contributed by atoms with Gasteiger partial charge in [-0.05, 0) is 30.3 Å². The number of nitrogens with two attached hydrogens (primary N) is 1. The van der Waals surface area contributed by atoms with Gasteiger partial charge in [0.25, 0.3) is 15.9 Å². The molecule has 0 aliphatic rings. The number of primary amides is 1. The first-order chi connectivity index (χ1) is 13.8. The number of carbonyl (C=O) groups excluding carboxylic acids is 3. The van der Waals surface area contributed by atoms with Gasteiger partial charge in [-0.1, -0.05) is 30.3 Å². The summed E-state index contributed by atoms with van der Waals surface area (Å²) < 4.78 is 32.1. The fourth-order valence-corrected chi connectivity index (χ4v) is 3.83. The standard InChI is InChI=1S/C19H19N3O6S/c1-2-11-22(15-8-4-3-5-9-15)29(26,27)16-10-6-7-14(12-16)18(24)28-13-17(23)21-19(20)25/h2-10,12H,1,11,13H2,(H3,20,21,23,25). The van der Waals surface area contributed by atoms with Crippen LogP contribution in [0, 0.1) is 0 Å². The number of anilines is 1. The lowest BCUT2D eigenvalue weighted by Gasteiger charge is -2.23. The summed E-state index contributed by atoms with van der Waals surface area (Å²) in [4.78, 5) is 33.9. The lowest BCUT2D eigenvalue weighted by atomic mass is 10.2. The van der Waals surface area contributed by atoms with Crippen LogP contribution >= 0.6 is 0 Å². The second-order valence-electron chi connectivity index (χ2n) is 5.68. The normalized spacial score (nSPS) is 10.6. The van der Waals surface area contributed by atoms with E-state index in [0.717, 1.165) is 10.4 Å². The fraction of sp³-hybridized carbons (Fsp3) is 0.105. The highest BCUT2D eigenvalue weighted by Crippen LogP contribution is 2.24. The number of rotatable bonds is 8. The molecule has 0 aromatic heterocycles. The summed E-state index contributed by atoms with van der Waals surface area (Å²) in [5.74, 6) is -1.84. The number of urea groups is 1. The highest BCUT2D eigenvalue weighted by Gasteiger charge is 2.25. The molecule has 152 valence electrons. The Morgan fingerprint density at radius 1 is 1.10 bits per heavy atom. The van der Waals surface area contributed by atoms with E-state index in [1.54, 1.807) is 35.6 Å². The Kier molecular flexibility index (Phi) is 7.10. The van der Waals surface area contributed by atoms with E-state index in [2.05, 4.69) is 6.58 Å². The van der Waals surface area contributed by atoms with Crippen molar-refractivity contribution in [3.05, 3.63) is 72.8 Å². The van der Waals surface area contributed by atoms with Crippen LogP contribution in [0.3, 0.4) is 0 Å². The van der Waals surface area contributed by atoms with Crippen LogP contribution in [0.4, 0.5) is 10.5 Å². The molecule has 0 bridgehead atoms. The quantitative estimate of drug-likeness (QED) is 0.492. The maximum absolute atomic E-state index is 13.1. The minimum atomic E-state index is -4.01. The molecule has 0 saturated carbocycles. The number of esters is 1. The predicted octanol–water partition coefficient (Wildman–Crippen LogP) is 1.42. The number of carbonyl (C=O) groups is 3. The molecular formula is C19H19N3O6S. The average Bonchev–Trinajstić information content (AvgIpc) is 2.70. The van der Waals surface area contributed by atoms with E-state index in [4.69, 9.17) is 10.5 Å². The van der Waals surface area contributed by atoms with E-state index in [1.165, 1.54) is 24.3 Å². The van der Waals surface area contributed by atoms with Gasteiger partial charge in [0, 0.05) is 0 Å². The molecule has 0 atom stereocenters. The molecule has 0 aliphatic carbocycles. The van der Waals surface area contributed by atoms with Gasteiger partial charge in [0.15, 0.2) is 6.61 Å². The highest BCUT2D eigenvalue weighted by molar-refractivity contribution is 7.92. The maximum Gasteiger partial charge on any atom is 0.338 e. The Hall–Kier alpha value is -3.66. The van der Waals surface area contributed by atoms with Gasteiger partial charge < -0.3 is 10.5 Å². The molecule has 0 fully saturated rings. The van der Waals surface area contributed by atoms with Crippen molar-refractivity contribution >= 4 is 33.6 Å². The molecule has 2 aromatic carbocycles. The summed E-state index contributed by atoms with van der Waals surface area (Å²) in [6.07, 6.45) is 1.44. The van der Waals surface area contributed by atoms with Crippen molar-refractivity contribution in [2.75, 3.05) is 17.5 Å². The molecule has 2 rings (SSSR count). The van der Waals surface area contributed by atoms with Crippen molar-refractivity contribution in [3.8, 4) is 0 Å². The van der Waals surface area contributed by atoms with Crippen LogP contribution in [0.25, 0.3) is 0 Å². The lowest BCUT2D eigenvalue weighted by Crippen LogP contribution is -2.37. The summed E-state index contributed by atoms with van der Waals surface area (Å²) in [7, 11) is -4.01. The van der Waals surface area contributed by atoms with E-state index in [9.17, 15) is 22.8 Å². The van der Waals surface area contributed by atoms with Crippen LogP contribution in [-0.2, 0) is 19.6 Å². The average molecular weight is 417 g/mol. The van der Waals surface area contributed by atoms with Crippen molar-refractivity contribution in [1.29, 1.82) is 0 Å². The van der Waals surface area contributed by atoms with Gasteiger partial charge in [0.1, 0.15) is 0 Å². The number of sulfonamides is 1. The topological polar surface area (TPSA) is 136 Å². The van der Waals surface area contributed by atoms with Crippen LogP contribution < -0.4 is 15.4 Å². The summed E-state index contributed by atoms with van der Waals surface area (Å²) >= 11 is 0. The molecule has 3 N–H and O–H groups in total. The number of nitrogens with one attached hydrogen (secondary N) is 1. The zero-order valence-corrected chi connectivity index (χ0v) is 16.1. The largest absolute Gasteiger partial charge is 0.452 e. The molecule has 3 amide bonds. The molecule has 0 saturated heterocycles. The van der Waals surface area contributed by atoms with Gasteiger partial charge in [-0.2, -0.15) is 0 Å². The number of imide groups is 1.